The number of nitrogens with one attached hydrogen (secondary N) is 1. The molecule has 1 aliphatic rings. The molecular formula is C17H26N2O. The third-order valence-corrected chi connectivity index (χ3v) is 4.41. The monoisotopic (exact) mass is 274 g/mol. The van der Waals surface area contributed by atoms with E-state index in [1.54, 1.807) is 0 Å². The van der Waals surface area contributed by atoms with Gasteiger partial charge in [0.2, 0.25) is 5.91 Å². The molecule has 0 heterocycles. The van der Waals surface area contributed by atoms with Crippen molar-refractivity contribution in [2.45, 2.75) is 58.4 Å². The van der Waals surface area contributed by atoms with Gasteiger partial charge in [-0.3, -0.25) is 4.79 Å². The van der Waals surface area contributed by atoms with Crippen molar-refractivity contribution in [3.8, 4) is 0 Å². The van der Waals surface area contributed by atoms with Crippen molar-refractivity contribution in [2.75, 3.05) is 5.73 Å². The van der Waals surface area contributed by atoms with Gasteiger partial charge in [-0.25, -0.2) is 0 Å². The minimum Gasteiger partial charge on any atom is -0.399 e. The van der Waals surface area contributed by atoms with Gasteiger partial charge in [-0.1, -0.05) is 37.8 Å². The molecule has 3 N–H and O–H groups in total. The molecule has 0 saturated heterocycles. The van der Waals surface area contributed by atoms with Crippen LogP contribution in [0.5, 0.6) is 0 Å². The summed E-state index contributed by atoms with van der Waals surface area (Å²) in [4.78, 5) is 12.1. The Labute approximate surface area is 121 Å². The van der Waals surface area contributed by atoms with Gasteiger partial charge >= 0.3 is 0 Å². The maximum absolute atomic E-state index is 12.1. The molecule has 1 aromatic rings. The molecule has 1 aromatic carbocycles. The van der Waals surface area contributed by atoms with Gasteiger partial charge in [0.15, 0.2) is 0 Å². The highest BCUT2D eigenvalue weighted by molar-refractivity contribution is 5.76. The summed E-state index contributed by atoms with van der Waals surface area (Å²) >= 11 is 0. The van der Waals surface area contributed by atoms with Gasteiger partial charge in [0.1, 0.15) is 0 Å². The van der Waals surface area contributed by atoms with E-state index in [2.05, 4.69) is 5.32 Å². The molecule has 0 unspecified atom stereocenters. The standard InChI is InChI=1S/C17H26N2O/c1-13-15(9-6-10-16(13)18)12-19-17(20)11-14-7-4-2-3-5-8-14/h6,9-10,14H,2-5,7-8,11-12,18H2,1H3,(H,19,20). The van der Waals surface area contributed by atoms with Crippen molar-refractivity contribution in [2.24, 2.45) is 5.92 Å². The Kier molecular flexibility index (Phi) is 5.45. The lowest BCUT2D eigenvalue weighted by molar-refractivity contribution is -0.122. The Morgan fingerprint density at radius 3 is 2.65 bits per heavy atom. The average Bonchev–Trinajstić information content (AvgIpc) is 2.69. The molecule has 0 spiro atoms. The zero-order valence-corrected chi connectivity index (χ0v) is 12.5. The predicted molar refractivity (Wildman–Crippen MR) is 83.2 cm³/mol. The topological polar surface area (TPSA) is 55.1 Å². The molecule has 3 heteroatoms. The largest absolute Gasteiger partial charge is 0.399 e. The van der Waals surface area contributed by atoms with Crippen LogP contribution in [0.25, 0.3) is 0 Å². The molecular weight excluding hydrogens is 248 g/mol. The number of anilines is 1. The molecule has 0 aliphatic heterocycles. The molecule has 110 valence electrons. The third kappa shape index (κ3) is 4.26. The smallest absolute Gasteiger partial charge is 0.220 e. The highest BCUT2D eigenvalue weighted by atomic mass is 16.1. The summed E-state index contributed by atoms with van der Waals surface area (Å²) in [6.45, 7) is 2.59. The average molecular weight is 274 g/mol. The summed E-state index contributed by atoms with van der Waals surface area (Å²) in [5, 5.41) is 3.04. The van der Waals surface area contributed by atoms with Gasteiger partial charge in [-0.2, -0.15) is 0 Å². The summed E-state index contributed by atoms with van der Waals surface area (Å²) in [5.41, 5.74) is 8.86. The van der Waals surface area contributed by atoms with E-state index in [0.717, 1.165) is 16.8 Å². The Morgan fingerprint density at radius 2 is 1.95 bits per heavy atom. The Balaban J connectivity index is 1.81. The zero-order chi connectivity index (χ0) is 14.4. The number of amides is 1. The van der Waals surface area contributed by atoms with E-state index in [1.165, 1.54) is 38.5 Å². The van der Waals surface area contributed by atoms with Crippen molar-refractivity contribution >= 4 is 11.6 Å². The quantitative estimate of drug-likeness (QED) is 0.651. The number of hydrogen-bond acceptors (Lipinski definition) is 2. The van der Waals surface area contributed by atoms with E-state index >= 15 is 0 Å². The fourth-order valence-corrected chi connectivity index (χ4v) is 2.99. The lowest BCUT2D eigenvalue weighted by Gasteiger charge is -2.14. The van der Waals surface area contributed by atoms with Crippen LogP contribution in [-0.4, -0.2) is 5.91 Å². The number of carbonyl (C=O) groups is 1. The van der Waals surface area contributed by atoms with Crippen LogP contribution in [0.1, 0.15) is 56.1 Å². The van der Waals surface area contributed by atoms with Crippen molar-refractivity contribution in [1.82, 2.24) is 5.32 Å². The normalized spacial score (nSPS) is 16.6. The van der Waals surface area contributed by atoms with Crippen LogP contribution < -0.4 is 11.1 Å². The fourth-order valence-electron chi connectivity index (χ4n) is 2.99. The Bertz CT molecular complexity index is 448. The second-order valence-corrected chi connectivity index (χ2v) is 5.97. The van der Waals surface area contributed by atoms with Crippen molar-refractivity contribution < 1.29 is 4.79 Å². The SMILES string of the molecule is Cc1c(N)cccc1CNC(=O)CC1CCCCCC1. The summed E-state index contributed by atoms with van der Waals surface area (Å²) in [7, 11) is 0. The van der Waals surface area contributed by atoms with Crippen LogP contribution in [0, 0.1) is 12.8 Å². The van der Waals surface area contributed by atoms with E-state index in [0.29, 0.717) is 18.9 Å². The molecule has 0 atom stereocenters. The number of carbonyl (C=O) groups excluding carboxylic acids is 1. The van der Waals surface area contributed by atoms with Gasteiger partial charge in [0.25, 0.3) is 0 Å². The van der Waals surface area contributed by atoms with Gasteiger partial charge < -0.3 is 11.1 Å². The first-order chi connectivity index (χ1) is 9.66. The lowest BCUT2D eigenvalue weighted by atomic mass is 9.96. The number of hydrogen-bond donors (Lipinski definition) is 2. The van der Waals surface area contributed by atoms with E-state index < -0.39 is 0 Å². The number of rotatable bonds is 4. The van der Waals surface area contributed by atoms with Gasteiger partial charge in [0, 0.05) is 18.7 Å². The molecule has 0 aromatic heterocycles. The first kappa shape index (κ1) is 14.9. The number of nitrogen functional groups attached to an aromatic ring is 1. The van der Waals surface area contributed by atoms with Crippen LogP contribution in [0.15, 0.2) is 18.2 Å². The fraction of sp³-hybridized carbons (Fsp3) is 0.588. The van der Waals surface area contributed by atoms with Crippen molar-refractivity contribution in [3.63, 3.8) is 0 Å². The highest BCUT2D eigenvalue weighted by Gasteiger charge is 2.16. The van der Waals surface area contributed by atoms with Crippen LogP contribution in [0.4, 0.5) is 5.69 Å². The highest BCUT2D eigenvalue weighted by Crippen LogP contribution is 2.25. The van der Waals surface area contributed by atoms with E-state index in [9.17, 15) is 4.79 Å². The Hall–Kier alpha value is -1.51. The first-order valence-electron chi connectivity index (χ1n) is 7.77. The summed E-state index contributed by atoms with van der Waals surface area (Å²) < 4.78 is 0. The van der Waals surface area contributed by atoms with Crippen LogP contribution in [0.2, 0.25) is 0 Å². The lowest BCUT2D eigenvalue weighted by Crippen LogP contribution is -2.25. The van der Waals surface area contributed by atoms with Crippen LogP contribution in [0.3, 0.4) is 0 Å². The molecule has 1 fully saturated rings. The van der Waals surface area contributed by atoms with Crippen molar-refractivity contribution in [3.05, 3.63) is 29.3 Å². The zero-order valence-electron chi connectivity index (χ0n) is 12.5. The van der Waals surface area contributed by atoms with Crippen LogP contribution >= 0.6 is 0 Å². The van der Waals surface area contributed by atoms with E-state index in [-0.39, 0.29) is 5.91 Å². The third-order valence-electron chi connectivity index (χ3n) is 4.41. The number of benzene rings is 1. The first-order valence-corrected chi connectivity index (χ1v) is 7.77. The minimum atomic E-state index is 0.179. The van der Waals surface area contributed by atoms with E-state index in [4.69, 9.17) is 5.73 Å². The van der Waals surface area contributed by atoms with E-state index in [1.807, 2.05) is 25.1 Å². The summed E-state index contributed by atoms with van der Waals surface area (Å²) in [5.74, 6) is 0.762. The molecule has 3 nitrogen and oxygen atoms in total. The second kappa shape index (κ2) is 7.32. The van der Waals surface area contributed by atoms with Gasteiger partial charge in [0.05, 0.1) is 0 Å². The molecule has 1 aliphatic carbocycles. The molecule has 0 radical (unpaired) electrons. The maximum Gasteiger partial charge on any atom is 0.220 e. The molecule has 0 bridgehead atoms. The summed E-state index contributed by atoms with van der Waals surface area (Å²) in [6, 6.07) is 5.86. The maximum atomic E-state index is 12.1. The Morgan fingerprint density at radius 1 is 1.25 bits per heavy atom. The molecule has 2 rings (SSSR count). The minimum absolute atomic E-state index is 0.179. The van der Waals surface area contributed by atoms with Crippen LogP contribution in [-0.2, 0) is 11.3 Å². The molecule has 1 amide bonds. The van der Waals surface area contributed by atoms with Crippen molar-refractivity contribution in [1.29, 1.82) is 0 Å². The van der Waals surface area contributed by atoms with Gasteiger partial charge in [-0.15, -0.1) is 0 Å². The predicted octanol–water partition coefficient (Wildman–Crippen LogP) is 3.55. The molecule has 1 saturated carbocycles. The second-order valence-electron chi connectivity index (χ2n) is 5.97. The number of nitrogens with two attached hydrogens (primary N) is 1. The van der Waals surface area contributed by atoms with Gasteiger partial charge in [-0.05, 0) is 42.9 Å². The summed E-state index contributed by atoms with van der Waals surface area (Å²) in [6.07, 6.45) is 8.34. The molecule has 20 heavy (non-hydrogen) atoms.